The second kappa shape index (κ2) is 7.14. The van der Waals surface area contributed by atoms with Crippen molar-refractivity contribution >= 4 is 12.0 Å². The van der Waals surface area contributed by atoms with E-state index in [0.717, 1.165) is 0 Å². The van der Waals surface area contributed by atoms with Crippen LogP contribution in [0.3, 0.4) is 0 Å². The number of amides is 2. The summed E-state index contributed by atoms with van der Waals surface area (Å²) in [4.78, 5) is 26.2. The summed E-state index contributed by atoms with van der Waals surface area (Å²) in [6, 6.07) is -0.241. The van der Waals surface area contributed by atoms with Crippen molar-refractivity contribution in [1.29, 1.82) is 0 Å². The summed E-state index contributed by atoms with van der Waals surface area (Å²) < 4.78 is 0. The zero-order valence-corrected chi connectivity index (χ0v) is 11.4. The SMILES string of the molecule is CCN(C(=O)N(CC)C(C)CC(=O)O)C(C)C. The van der Waals surface area contributed by atoms with E-state index in [2.05, 4.69) is 0 Å². The van der Waals surface area contributed by atoms with Gasteiger partial charge in [0.1, 0.15) is 0 Å². The van der Waals surface area contributed by atoms with Crippen molar-refractivity contribution in [2.24, 2.45) is 0 Å². The Kier molecular flexibility index (Phi) is 6.61. The Morgan fingerprint density at radius 1 is 1.06 bits per heavy atom. The van der Waals surface area contributed by atoms with Crippen LogP contribution >= 0.6 is 0 Å². The van der Waals surface area contributed by atoms with Crippen molar-refractivity contribution in [3.05, 3.63) is 0 Å². The first-order chi connectivity index (χ1) is 7.84. The molecule has 5 nitrogen and oxygen atoms in total. The molecule has 0 bridgehead atoms. The molecule has 0 fully saturated rings. The molecule has 0 heterocycles. The molecule has 5 heteroatoms. The maximum atomic E-state index is 12.2. The fourth-order valence-corrected chi connectivity index (χ4v) is 1.88. The molecule has 0 saturated heterocycles. The van der Waals surface area contributed by atoms with Crippen LogP contribution in [0, 0.1) is 0 Å². The Bertz CT molecular complexity index is 266. The zero-order chi connectivity index (χ0) is 13.6. The van der Waals surface area contributed by atoms with Gasteiger partial charge in [0.05, 0.1) is 6.42 Å². The molecule has 0 radical (unpaired) electrons. The molecule has 17 heavy (non-hydrogen) atoms. The number of carbonyl (C=O) groups excluding carboxylic acids is 1. The summed E-state index contributed by atoms with van der Waals surface area (Å²) in [6.07, 6.45) is -0.0186. The van der Waals surface area contributed by atoms with Crippen molar-refractivity contribution in [1.82, 2.24) is 9.80 Å². The number of hydrogen-bond donors (Lipinski definition) is 1. The average Bonchev–Trinajstić information content (AvgIpc) is 2.17. The van der Waals surface area contributed by atoms with Gasteiger partial charge >= 0.3 is 12.0 Å². The third kappa shape index (κ3) is 4.63. The first-order valence-electron chi connectivity index (χ1n) is 6.14. The third-order valence-electron chi connectivity index (χ3n) is 2.80. The highest BCUT2D eigenvalue weighted by atomic mass is 16.4. The van der Waals surface area contributed by atoms with Gasteiger partial charge in [-0.3, -0.25) is 4.79 Å². The minimum Gasteiger partial charge on any atom is -0.481 e. The molecule has 0 aliphatic carbocycles. The first kappa shape index (κ1) is 15.7. The van der Waals surface area contributed by atoms with Crippen LogP contribution in [0.1, 0.15) is 41.0 Å². The minimum absolute atomic E-state index is 0.0186. The summed E-state index contributed by atoms with van der Waals surface area (Å²) >= 11 is 0. The van der Waals surface area contributed by atoms with Crippen LogP contribution in [0.4, 0.5) is 4.79 Å². The number of hydrogen-bond acceptors (Lipinski definition) is 2. The van der Waals surface area contributed by atoms with Gasteiger partial charge in [0.2, 0.25) is 0 Å². The molecule has 0 spiro atoms. The van der Waals surface area contributed by atoms with Gasteiger partial charge in [-0.05, 0) is 34.6 Å². The van der Waals surface area contributed by atoms with Crippen molar-refractivity contribution in [3.63, 3.8) is 0 Å². The lowest BCUT2D eigenvalue weighted by Crippen LogP contribution is -2.50. The second-order valence-electron chi connectivity index (χ2n) is 4.40. The van der Waals surface area contributed by atoms with Gasteiger partial charge in [0, 0.05) is 25.2 Å². The minimum atomic E-state index is -0.878. The highest BCUT2D eigenvalue weighted by Gasteiger charge is 2.25. The Morgan fingerprint density at radius 3 is 1.82 bits per heavy atom. The summed E-state index contributed by atoms with van der Waals surface area (Å²) in [5.41, 5.74) is 0. The molecule has 1 unspecified atom stereocenters. The van der Waals surface area contributed by atoms with E-state index >= 15 is 0 Å². The van der Waals surface area contributed by atoms with E-state index in [1.165, 1.54) is 0 Å². The molecule has 0 aromatic heterocycles. The molecule has 0 aromatic carbocycles. The van der Waals surface area contributed by atoms with Crippen LogP contribution in [0.25, 0.3) is 0 Å². The van der Waals surface area contributed by atoms with Crippen molar-refractivity contribution in [3.8, 4) is 0 Å². The van der Waals surface area contributed by atoms with Gasteiger partial charge in [-0.15, -0.1) is 0 Å². The van der Waals surface area contributed by atoms with E-state index in [-0.39, 0.29) is 24.5 Å². The molecule has 1 atom stereocenters. The van der Waals surface area contributed by atoms with Gasteiger partial charge in [-0.1, -0.05) is 0 Å². The van der Waals surface area contributed by atoms with Crippen LogP contribution in [-0.4, -0.2) is 52.1 Å². The largest absolute Gasteiger partial charge is 0.481 e. The summed E-state index contributed by atoms with van der Waals surface area (Å²) in [5.74, 6) is -0.878. The van der Waals surface area contributed by atoms with Gasteiger partial charge in [0.25, 0.3) is 0 Å². The van der Waals surface area contributed by atoms with Gasteiger partial charge in [-0.2, -0.15) is 0 Å². The molecule has 1 N–H and O–H groups in total. The van der Waals surface area contributed by atoms with E-state index in [9.17, 15) is 9.59 Å². The Balaban J connectivity index is 4.74. The lowest BCUT2D eigenvalue weighted by molar-refractivity contribution is -0.138. The van der Waals surface area contributed by atoms with E-state index in [4.69, 9.17) is 5.11 Å². The Hall–Kier alpha value is -1.26. The van der Waals surface area contributed by atoms with Crippen LogP contribution in [0.5, 0.6) is 0 Å². The number of nitrogens with zero attached hydrogens (tertiary/aromatic N) is 2. The van der Waals surface area contributed by atoms with E-state index in [0.29, 0.717) is 13.1 Å². The molecule has 2 amide bonds. The summed E-state index contributed by atoms with van der Waals surface area (Å²) in [6.45, 7) is 10.6. The maximum absolute atomic E-state index is 12.2. The number of carboxylic acid groups (broad SMARTS) is 1. The van der Waals surface area contributed by atoms with Gasteiger partial charge in [-0.25, -0.2) is 4.79 Å². The Morgan fingerprint density at radius 2 is 1.53 bits per heavy atom. The van der Waals surface area contributed by atoms with Crippen LogP contribution in [-0.2, 0) is 4.79 Å². The third-order valence-corrected chi connectivity index (χ3v) is 2.80. The molecule has 100 valence electrons. The summed E-state index contributed by atoms with van der Waals surface area (Å²) in [5, 5.41) is 8.76. The molecular formula is C12H24N2O3. The van der Waals surface area contributed by atoms with Crippen molar-refractivity contribution < 1.29 is 14.7 Å². The molecule has 0 saturated carbocycles. The Labute approximate surface area is 103 Å². The van der Waals surface area contributed by atoms with E-state index in [1.54, 1.807) is 16.7 Å². The molecule has 0 aromatic rings. The second-order valence-corrected chi connectivity index (χ2v) is 4.40. The normalized spacial score (nSPS) is 12.4. The molecule has 0 aliphatic heterocycles. The number of rotatable bonds is 6. The standard InChI is InChI=1S/C12H24N2O3/c1-6-13(9(3)4)12(17)14(7-2)10(5)8-11(15)16/h9-10H,6-8H2,1-5H3,(H,15,16). The van der Waals surface area contributed by atoms with Gasteiger partial charge < -0.3 is 14.9 Å². The fraction of sp³-hybridized carbons (Fsp3) is 0.833. The summed E-state index contributed by atoms with van der Waals surface area (Å²) in [7, 11) is 0. The highest BCUT2D eigenvalue weighted by Crippen LogP contribution is 2.10. The van der Waals surface area contributed by atoms with E-state index in [1.807, 2.05) is 27.7 Å². The molecule has 0 rings (SSSR count). The van der Waals surface area contributed by atoms with Crippen LogP contribution in [0.15, 0.2) is 0 Å². The predicted molar refractivity (Wildman–Crippen MR) is 67.0 cm³/mol. The number of aliphatic carboxylic acids is 1. The zero-order valence-electron chi connectivity index (χ0n) is 11.4. The predicted octanol–water partition coefficient (Wildman–Crippen LogP) is 2.02. The van der Waals surface area contributed by atoms with Crippen LogP contribution in [0.2, 0.25) is 0 Å². The smallest absolute Gasteiger partial charge is 0.320 e. The van der Waals surface area contributed by atoms with Crippen LogP contribution < -0.4 is 0 Å². The lowest BCUT2D eigenvalue weighted by atomic mass is 10.2. The maximum Gasteiger partial charge on any atom is 0.320 e. The number of urea groups is 1. The van der Waals surface area contributed by atoms with Crippen molar-refractivity contribution in [2.45, 2.75) is 53.1 Å². The van der Waals surface area contributed by atoms with Gasteiger partial charge in [0.15, 0.2) is 0 Å². The average molecular weight is 244 g/mol. The number of carbonyl (C=O) groups is 2. The highest BCUT2D eigenvalue weighted by molar-refractivity contribution is 5.76. The quantitative estimate of drug-likeness (QED) is 0.777. The monoisotopic (exact) mass is 244 g/mol. The van der Waals surface area contributed by atoms with E-state index < -0.39 is 5.97 Å². The topological polar surface area (TPSA) is 60.9 Å². The molecule has 0 aliphatic rings. The fourth-order valence-electron chi connectivity index (χ4n) is 1.88. The number of carboxylic acids is 1. The lowest BCUT2D eigenvalue weighted by Gasteiger charge is -2.35. The first-order valence-corrected chi connectivity index (χ1v) is 6.14. The molecular weight excluding hydrogens is 220 g/mol. The van der Waals surface area contributed by atoms with Crippen molar-refractivity contribution in [2.75, 3.05) is 13.1 Å².